The molecule has 0 saturated carbocycles. The average molecular weight is 329 g/mol. The summed E-state index contributed by atoms with van der Waals surface area (Å²) in [6.45, 7) is 2.01. The zero-order chi connectivity index (χ0) is 15.5. The van der Waals surface area contributed by atoms with Gasteiger partial charge in [-0.15, -0.1) is 0 Å². The van der Waals surface area contributed by atoms with Gasteiger partial charge in [-0.25, -0.2) is 9.78 Å². The van der Waals surface area contributed by atoms with Crippen LogP contribution < -0.4 is 5.32 Å². The van der Waals surface area contributed by atoms with E-state index in [0.717, 1.165) is 24.3 Å². The molecule has 1 aromatic heterocycles. The standard InChI is InChI=1S/C14H17ClN2O3S/c1-2-3-10-6-9(7-11(15)16-10)12(18)17-14(13(19)20)4-5-21-8-14/h6-7H,2-5,8H2,1H3,(H,17,18)(H,19,20). The second kappa shape index (κ2) is 6.66. The molecular formula is C14H17ClN2O3S. The Kier molecular flexibility index (Phi) is 5.11. The fraction of sp³-hybridized carbons (Fsp3) is 0.500. The summed E-state index contributed by atoms with van der Waals surface area (Å²) in [4.78, 5) is 28.0. The topological polar surface area (TPSA) is 79.3 Å². The zero-order valence-corrected chi connectivity index (χ0v) is 13.3. The van der Waals surface area contributed by atoms with Crippen molar-refractivity contribution >= 4 is 35.2 Å². The van der Waals surface area contributed by atoms with Crippen LogP contribution in [-0.2, 0) is 11.2 Å². The Morgan fingerprint density at radius 2 is 2.29 bits per heavy atom. The molecule has 5 nitrogen and oxygen atoms in total. The number of nitrogens with one attached hydrogen (secondary N) is 1. The van der Waals surface area contributed by atoms with Gasteiger partial charge in [0.25, 0.3) is 5.91 Å². The van der Waals surface area contributed by atoms with E-state index in [9.17, 15) is 14.7 Å². The highest BCUT2D eigenvalue weighted by Gasteiger charge is 2.43. The van der Waals surface area contributed by atoms with E-state index in [2.05, 4.69) is 10.3 Å². The summed E-state index contributed by atoms with van der Waals surface area (Å²) in [6.07, 6.45) is 2.05. The van der Waals surface area contributed by atoms with Crippen LogP contribution in [0.5, 0.6) is 0 Å². The van der Waals surface area contributed by atoms with Crippen molar-refractivity contribution in [3.05, 3.63) is 28.5 Å². The fourth-order valence-corrected chi connectivity index (χ4v) is 3.79. The number of carboxylic acid groups (broad SMARTS) is 1. The molecule has 1 aliphatic rings. The molecule has 21 heavy (non-hydrogen) atoms. The Balaban J connectivity index is 2.21. The van der Waals surface area contributed by atoms with Crippen molar-refractivity contribution in [1.82, 2.24) is 10.3 Å². The highest BCUT2D eigenvalue weighted by molar-refractivity contribution is 7.99. The van der Waals surface area contributed by atoms with Crippen molar-refractivity contribution < 1.29 is 14.7 Å². The molecule has 2 N–H and O–H groups in total. The van der Waals surface area contributed by atoms with Crippen molar-refractivity contribution in [1.29, 1.82) is 0 Å². The van der Waals surface area contributed by atoms with Crippen molar-refractivity contribution in [2.24, 2.45) is 0 Å². The average Bonchev–Trinajstić information content (AvgIpc) is 2.88. The Labute approximate surface area is 132 Å². The van der Waals surface area contributed by atoms with Crippen LogP contribution in [0.3, 0.4) is 0 Å². The molecule has 1 unspecified atom stereocenters. The third-order valence-corrected chi connectivity index (χ3v) is 4.78. The normalized spacial score (nSPS) is 21.2. The van der Waals surface area contributed by atoms with Gasteiger partial charge in [0.2, 0.25) is 0 Å². The molecule has 0 aliphatic carbocycles. The van der Waals surface area contributed by atoms with Crippen LogP contribution in [0.4, 0.5) is 0 Å². The minimum atomic E-state index is -1.18. The van der Waals surface area contributed by atoms with Crippen LogP contribution in [0.15, 0.2) is 12.1 Å². The second-order valence-electron chi connectivity index (χ2n) is 5.06. The number of amides is 1. The predicted molar refractivity (Wildman–Crippen MR) is 83.0 cm³/mol. The maximum Gasteiger partial charge on any atom is 0.330 e. The van der Waals surface area contributed by atoms with E-state index in [1.807, 2.05) is 6.92 Å². The smallest absolute Gasteiger partial charge is 0.330 e. The molecule has 0 aromatic carbocycles. The van der Waals surface area contributed by atoms with Gasteiger partial charge in [-0.1, -0.05) is 24.9 Å². The molecule has 1 aromatic rings. The number of carboxylic acids is 1. The molecule has 1 fully saturated rings. The molecular weight excluding hydrogens is 312 g/mol. The first-order valence-electron chi connectivity index (χ1n) is 6.77. The largest absolute Gasteiger partial charge is 0.479 e. The van der Waals surface area contributed by atoms with E-state index in [1.165, 1.54) is 17.8 Å². The summed E-state index contributed by atoms with van der Waals surface area (Å²) in [6, 6.07) is 3.13. The Morgan fingerprint density at radius 3 is 2.86 bits per heavy atom. The Morgan fingerprint density at radius 1 is 1.52 bits per heavy atom. The van der Waals surface area contributed by atoms with Gasteiger partial charge in [0, 0.05) is 17.0 Å². The summed E-state index contributed by atoms with van der Waals surface area (Å²) < 4.78 is 0. The van der Waals surface area contributed by atoms with Gasteiger partial charge in [-0.05, 0) is 30.7 Å². The van der Waals surface area contributed by atoms with Crippen LogP contribution in [0, 0.1) is 0 Å². The zero-order valence-electron chi connectivity index (χ0n) is 11.7. The molecule has 1 atom stereocenters. The van der Waals surface area contributed by atoms with Crippen molar-refractivity contribution in [3.8, 4) is 0 Å². The van der Waals surface area contributed by atoms with Crippen LogP contribution in [0.2, 0.25) is 5.15 Å². The molecule has 0 spiro atoms. The molecule has 1 aliphatic heterocycles. The van der Waals surface area contributed by atoms with E-state index in [1.54, 1.807) is 6.07 Å². The first kappa shape index (κ1) is 16.1. The summed E-state index contributed by atoms with van der Waals surface area (Å²) >= 11 is 7.46. The lowest BCUT2D eigenvalue weighted by molar-refractivity contribution is -0.143. The number of halogens is 1. The Bertz CT molecular complexity index is 559. The minimum absolute atomic E-state index is 0.247. The lowest BCUT2D eigenvalue weighted by Crippen LogP contribution is -2.54. The number of aromatic nitrogens is 1. The highest BCUT2D eigenvalue weighted by atomic mass is 35.5. The van der Waals surface area contributed by atoms with Gasteiger partial charge < -0.3 is 10.4 Å². The summed E-state index contributed by atoms with van der Waals surface area (Å²) in [5.74, 6) is -0.296. The first-order chi connectivity index (χ1) is 9.97. The summed E-state index contributed by atoms with van der Waals surface area (Å²) in [7, 11) is 0. The van der Waals surface area contributed by atoms with Crippen molar-refractivity contribution in [2.45, 2.75) is 31.7 Å². The number of aliphatic carboxylic acids is 1. The quantitative estimate of drug-likeness (QED) is 0.811. The molecule has 1 amide bonds. The fourth-order valence-electron chi connectivity index (χ4n) is 2.24. The van der Waals surface area contributed by atoms with Gasteiger partial charge >= 0.3 is 5.97 Å². The van der Waals surface area contributed by atoms with E-state index in [0.29, 0.717) is 17.7 Å². The van der Waals surface area contributed by atoms with Crippen LogP contribution in [0.1, 0.15) is 35.8 Å². The monoisotopic (exact) mass is 328 g/mol. The maximum absolute atomic E-state index is 12.3. The molecule has 1 saturated heterocycles. The van der Waals surface area contributed by atoms with Crippen molar-refractivity contribution in [2.75, 3.05) is 11.5 Å². The first-order valence-corrected chi connectivity index (χ1v) is 8.30. The summed E-state index contributed by atoms with van der Waals surface area (Å²) in [5.41, 5.74) is -0.0844. The van der Waals surface area contributed by atoms with Gasteiger partial charge in [0.05, 0.1) is 0 Å². The van der Waals surface area contributed by atoms with E-state index in [4.69, 9.17) is 11.6 Å². The minimum Gasteiger partial charge on any atom is -0.479 e. The number of nitrogens with zero attached hydrogens (tertiary/aromatic N) is 1. The molecule has 0 bridgehead atoms. The number of carbonyl (C=O) groups is 2. The number of carbonyl (C=O) groups excluding carboxylic acids is 1. The lowest BCUT2D eigenvalue weighted by Gasteiger charge is -2.24. The number of hydrogen-bond donors (Lipinski definition) is 2. The van der Waals surface area contributed by atoms with E-state index in [-0.39, 0.29) is 5.15 Å². The van der Waals surface area contributed by atoms with Crippen LogP contribution in [-0.4, -0.2) is 39.0 Å². The van der Waals surface area contributed by atoms with Gasteiger partial charge in [-0.2, -0.15) is 11.8 Å². The third-order valence-electron chi connectivity index (χ3n) is 3.40. The molecule has 114 valence electrons. The lowest BCUT2D eigenvalue weighted by atomic mass is 9.98. The van der Waals surface area contributed by atoms with Gasteiger partial charge in [0.15, 0.2) is 0 Å². The summed E-state index contributed by atoms with van der Waals surface area (Å²) in [5, 5.41) is 12.3. The van der Waals surface area contributed by atoms with Gasteiger partial charge in [-0.3, -0.25) is 4.79 Å². The molecule has 0 radical (unpaired) electrons. The van der Waals surface area contributed by atoms with E-state index < -0.39 is 17.4 Å². The number of thioether (sulfide) groups is 1. The predicted octanol–water partition coefficient (Wildman–Crippen LogP) is 2.38. The molecule has 2 rings (SSSR count). The van der Waals surface area contributed by atoms with Crippen LogP contribution >= 0.6 is 23.4 Å². The number of pyridine rings is 1. The van der Waals surface area contributed by atoms with Crippen LogP contribution in [0.25, 0.3) is 0 Å². The third kappa shape index (κ3) is 3.68. The number of aryl methyl sites for hydroxylation is 1. The maximum atomic E-state index is 12.3. The molecule has 7 heteroatoms. The molecule has 2 heterocycles. The number of hydrogen-bond acceptors (Lipinski definition) is 4. The highest BCUT2D eigenvalue weighted by Crippen LogP contribution is 2.28. The van der Waals surface area contributed by atoms with E-state index >= 15 is 0 Å². The Hall–Kier alpha value is -1.27. The van der Waals surface area contributed by atoms with Gasteiger partial charge in [0.1, 0.15) is 10.7 Å². The second-order valence-corrected chi connectivity index (χ2v) is 6.56. The number of rotatable bonds is 5. The van der Waals surface area contributed by atoms with Crippen molar-refractivity contribution in [3.63, 3.8) is 0 Å². The SMILES string of the molecule is CCCc1cc(C(=O)NC2(C(=O)O)CCSC2)cc(Cl)n1.